The Balaban J connectivity index is 1.66. The fraction of sp³-hybridized carbons (Fsp3) is 0.120. The minimum absolute atomic E-state index is 0.666. The molecule has 0 bridgehead atoms. The van der Waals surface area contributed by atoms with Crippen LogP contribution >= 0.6 is 0 Å². The van der Waals surface area contributed by atoms with E-state index in [2.05, 4.69) is 85.8 Å². The summed E-state index contributed by atoms with van der Waals surface area (Å²) in [5.74, 6) is 0. The molecule has 2 nitrogen and oxygen atoms in total. The van der Waals surface area contributed by atoms with Crippen molar-refractivity contribution in [3.8, 4) is 0 Å². The fourth-order valence-electron chi connectivity index (χ4n) is 4.12. The summed E-state index contributed by atoms with van der Waals surface area (Å²) in [6.45, 7) is 2.79. The number of rotatable bonds is 3. The standard InChI is InChI=1S/C25H21N2/c1-17-6-3-4-9-23(17)27(2)26-16-21-13-12-20-11-10-18-7-5-8-19-14-15-22(21)25(20)24(18)19/h3-15H,16H2,1-2H3/q+1. The van der Waals surface area contributed by atoms with E-state index in [1.807, 2.05) is 11.7 Å². The highest BCUT2D eigenvalue weighted by molar-refractivity contribution is 6.23. The third kappa shape index (κ3) is 2.57. The van der Waals surface area contributed by atoms with Crippen molar-refractivity contribution in [1.82, 2.24) is 0 Å². The van der Waals surface area contributed by atoms with Gasteiger partial charge in [0, 0.05) is 11.6 Å². The zero-order chi connectivity index (χ0) is 18.4. The van der Waals surface area contributed by atoms with Crippen LogP contribution in [-0.4, -0.2) is 11.7 Å². The summed E-state index contributed by atoms with van der Waals surface area (Å²) in [6.07, 6.45) is 0. The van der Waals surface area contributed by atoms with E-state index in [9.17, 15) is 0 Å². The summed E-state index contributed by atoms with van der Waals surface area (Å²) in [5, 5.41) is 12.8. The van der Waals surface area contributed by atoms with Crippen LogP contribution in [0.4, 0.5) is 5.69 Å². The van der Waals surface area contributed by atoms with Gasteiger partial charge in [-0.3, -0.25) is 0 Å². The SMILES string of the molecule is Cc1ccccc1[N+](C)=NCc1ccc2ccc3cccc4ccc1c2c34. The molecule has 5 aromatic rings. The van der Waals surface area contributed by atoms with Crippen LogP contribution in [0.5, 0.6) is 0 Å². The number of benzene rings is 5. The molecule has 2 heteroatoms. The van der Waals surface area contributed by atoms with Gasteiger partial charge >= 0.3 is 0 Å². The molecule has 0 saturated heterocycles. The van der Waals surface area contributed by atoms with Gasteiger partial charge in [-0.2, -0.15) is 0 Å². The van der Waals surface area contributed by atoms with Gasteiger partial charge < -0.3 is 0 Å². The normalized spacial score (nSPS) is 12.4. The van der Waals surface area contributed by atoms with Crippen molar-refractivity contribution in [2.24, 2.45) is 5.11 Å². The average molecular weight is 349 g/mol. The lowest BCUT2D eigenvalue weighted by Gasteiger charge is -2.12. The van der Waals surface area contributed by atoms with Crippen LogP contribution in [0.15, 0.2) is 84.0 Å². The maximum absolute atomic E-state index is 4.84. The Labute approximate surface area is 158 Å². The molecule has 0 N–H and O–H groups in total. The second-order valence-electron chi connectivity index (χ2n) is 7.19. The van der Waals surface area contributed by atoms with Crippen LogP contribution in [0.25, 0.3) is 32.3 Å². The van der Waals surface area contributed by atoms with Gasteiger partial charge in [0.15, 0.2) is 7.05 Å². The zero-order valence-corrected chi connectivity index (χ0v) is 15.6. The van der Waals surface area contributed by atoms with E-state index in [1.165, 1.54) is 43.4 Å². The maximum atomic E-state index is 4.84. The fourth-order valence-corrected chi connectivity index (χ4v) is 4.12. The lowest BCUT2D eigenvalue weighted by molar-refractivity contribution is -0.484. The molecule has 27 heavy (non-hydrogen) atoms. The Morgan fingerprint density at radius 2 is 1.37 bits per heavy atom. The highest BCUT2D eigenvalue weighted by atomic mass is 15.2. The molecule has 0 radical (unpaired) electrons. The van der Waals surface area contributed by atoms with Crippen LogP contribution in [0.3, 0.4) is 0 Å². The van der Waals surface area contributed by atoms with Crippen molar-refractivity contribution in [3.05, 3.63) is 90.0 Å². The molecule has 0 saturated carbocycles. The van der Waals surface area contributed by atoms with E-state index in [0.29, 0.717) is 6.54 Å². The van der Waals surface area contributed by atoms with Crippen molar-refractivity contribution in [3.63, 3.8) is 0 Å². The summed E-state index contributed by atoms with van der Waals surface area (Å²) >= 11 is 0. The molecule has 0 unspecified atom stereocenters. The first-order valence-electron chi connectivity index (χ1n) is 9.34. The maximum Gasteiger partial charge on any atom is 0.234 e. The van der Waals surface area contributed by atoms with Gasteiger partial charge in [-0.25, -0.2) is 0 Å². The van der Waals surface area contributed by atoms with Crippen LogP contribution in [0.1, 0.15) is 11.1 Å². The summed E-state index contributed by atoms with van der Waals surface area (Å²) in [6, 6.07) is 28.3. The van der Waals surface area contributed by atoms with Crippen molar-refractivity contribution >= 4 is 38.0 Å². The Morgan fingerprint density at radius 3 is 2.15 bits per heavy atom. The van der Waals surface area contributed by atoms with Gasteiger partial charge in [0.1, 0.15) is 6.54 Å². The molecule has 0 spiro atoms. The first-order valence-corrected chi connectivity index (χ1v) is 9.34. The van der Waals surface area contributed by atoms with Gasteiger partial charge in [0.25, 0.3) is 0 Å². The van der Waals surface area contributed by atoms with E-state index in [0.717, 1.165) is 5.69 Å². The molecule has 0 amide bonds. The summed E-state index contributed by atoms with van der Waals surface area (Å²) in [5.41, 5.74) is 3.65. The van der Waals surface area contributed by atoms with Crippen LogP contribution in [-0.2, 0) is 6.54 Å². The largest absolute Gasteiger partial charge is 0.234 e. The van der Waals surface area contributed by atoms with E-state index < -0.39 is 0 Å². The van der Waals surface area contributed by atoms with E-state index in [-0.39, 0.29) is 0 Å². The molecule has 130 valence electrons. The smallest absolute Gasteiger partial charge is 0.0912 e. The number of hydrogen-bond donors (Lipinski definition) is 0. The quantitative estimate of drug-likeness (QED) is 0.193. The molecule has 5 rings (SSSR count). The Bertz CT molecular complexity index is 1300. The van der Waals surface area contributed by atoms with Crippen LogP contribution in [0.2, 0.25) is 0 Å². The molecule has 0 aliphatic carbocycles. The monoisotopic (exact) mass is 349 g/mol. The predicted octanol–water partition coefficient (Wildman–Crippen LogP) is 6.82. The van der Waals surface area contributed by atoms with Gasteiger partial charge in [0.05, 0.1) is 0 Å². The summed E-state index contributed by atoms with van der Waals surface area (Å²) in [4.78, 5) is 0. The van der Waals surface area contributed by atoms with Crippen molar-refractivity contribution in [2.75, 3.05) is 7.05 Å². The Morgan fingerprint density at radius 1 is 0.704 bits per heavy atom. The first-order chi connectivity index (χ1) is 13.2. The summed E-state index contributed by atoms with van der Waals surface area (Å²) < 4.78 is 1.99. The lowest BCUT2D eigenvalue weighted by atomic mass is 9.92. The van der Waals surface area contributed by atoms with Crippen molar-refractivity contribution < 1.29 is 4.70 Å². The molecule has 0 aliphatic rings. The minimum Gasteiger partial charge on any atom is -0.0912 e. The van der Waals surface area contributed by atoms with E-state index in [4.69, 9.17) is 5.11 Å². The highest BCUT2D eigenvalue weighted by Gasteiger charge is 2.12. The summed E-state index contributed by atoms with van der Waals surface area (Å²) in [7, 11) is 2.03. The van der Waals surface area contributed by atoms with Gasteiger partial charge in [-0.1, -0.05) is 77.5 Å². The van der Waals surface area contributed by atoms with Crippen molar-refractivity contribution in [2.45, 2.75) is 13.5 Å². The van der Waals surface area contributed by atoms with Crippen molar-refractivity contribution in [1.29, 1.82) is 0 Å². The third-order valence-electron chi connectivity index (χ3n) is 5.54. The number of azo groups is 2. The second kappa shape index (κ2) is 6.17. The van der Waals surface area contributed by atoms with Crippen LogP contribution in [0, 0.1) is 6.92 Å². The number of nitrogens with zero attached hydrogens (tertiary/aromatic N) is 2. The van der Waals surface area contributed by atoms with Gasteiger partial charge in [0.2, 0.25) is 5.69 Å². The molecule has 0 aromatic heterocycles. The third-order valence-corrected chi connectivity index (χ3v) is 5.54. The van der Waals surface area contributed by atoms with E-state index >= 15 is 0 Å². The number of aryl methyl sites for hydroxylation is 1. The van der Waals surface area contributed by atoms with Gasteiger partial charge in [-0.05, 0) is 49.9 Å². The first kappa shape index (κ1) is 16.0. The van der Waals surface area contributed by atoms with E-state index in [1.54, 1.807) is 0 Å². The molecule has 0 fully saturated rings. The minimum atomic E-state index is 0.666. The molecule has 0 aliphatic heterocycles. The predicted molar refractivity (Wildman–Crippen MR) is 113 cm³/mol. The highest BCUT2D eigenvalue weighted by Crippen LogP contribution is 2.36. The molecular formula is C25H21N2+. The number of hydrogen-bond acceptors (Lipinski definition) is 1. The topological polar surface area (TPSA) is 15.4 Å². The van der Waals surface area contributed by atoms with Gasteiger partial charge in [-0.15, -0.1) is 0 Å². The average Bonchev–Trinajstić information content (AvgIpc) is 2.71. The number of para-hydroxylation sites is 1. The molecule has 5 aromatic carbocycles. The molecule has 0 atom stereocenters. The Hall–Kier alpha value is -3.26. The van der Waals surface area contributed by atoms with Crippen LogP contribution < -0.4 is 0 Å². The Kier molecular flexibility index (Phi) is 3.64. The zero-order valence-electron chi connectivity index (χ0n) is 15.6. The lowest BCUT2D eigenvalue weighted by Crippen LogP contribution is -1.98. The second-order valence-corrected chi connectivity index (χ2v) is 7.19. The molecular weight excluding hydrogens is 328 g/mol. The molecule has 0 heterocycles.